The van der Waals surface area contributed by atoms with E-state index in [9.17, 15) is 23.9 Å². The highest BCUT2D eigenvalue weighted by molar-refractivity contribution is 8.13. The van der Waals surface area contributed by atoms with Gasteiger partial charge in [0.2, 0.25) is 5.12 Å². The molecule has 4 aliphatic carbocycles. The molecule has 1 amide bonds. The quantitative estimate of drug-likeness (QED) is 0.212. The average molecular weight is 672 g/mol. The topological polar surface area (TPSA) is 131 Å². The number of carbonyl (C=O) groups excluding carboxylic acids is 3. The number of rotatable bonds is 9. The Morgan fingerprint density at radius 2 is 2.04 bits per heavy atom. The number of aliphatic hydroxyl groups excluding tert-OH is 1. The molecule has 3 unspecified atom stereocenters. The highest BCUT2D eigenvalue weighted by Gasteiger charge is 2.70. The summed E-state index contributed by atoms with van der Waals surface area (Å²) < 4.78 is 19.5. The van der Waals surface area contributed by atoms with Crippen LogP contribution in [0.4, 0.5) is 10.1 Å². The number of nitrogens with one attached hydrogen (secondary N) is 1. The number of aliphatic hydroxyl groups is 1. The van der Waals surface area contributed by atoms with E-state index in [0.717, 1.165) is 29.9 Å². The van der Waals surface area contributed by atoms with Gasteiger partial charge in [-0.3, -0.25) is 14.4 Å². The van der Waals surface area contributed by atoms with Gasteiger partial charge in [-0.15, -0.1) is 0 Å². The normalized spacial score (nSPS) is 35.1. The number of thioether (sulfide) groups is 2. The first-order valence-electron chi connectivity index (χ1n) is 16.2. The van der Waals surface area contributed by atoms with E-state index in [0.29, 0.717) is 48.8 Å². The summed E-state index contributed by atoms with van der Waals surface area (Å²) in [7, 11) is 0. The number of nitrogens with zero attached hydrogens (tertiary/aromatic N) is 1. The minimum absolute atomic E-state index is 0.0262. The van der Waals surface area contributed by atoms with Crippen LogP contribution in [-0.2, 0) is 14.3 Å². The Balaban J connectivity index is 1.46. The number of hydrogen-bond acceptors (Lipinski definition) is 9. The summed E-state index contributed by atoms with van der Waals surface area (Å²) in [6, 6.07) is 6.36. The van der Waals surface area contributed by atoms with Crippen molar-refractivity contribution in [2.24, 2.45) is 39.3 Å². The van der Waals surface area contributed by atoms with Crippen molar-refractivity contribution in [1.82, 2.24) is 5.32 Å². The first kappa shape index (κ1) is 34.7. The molecule has 3 fully saturated rings. The van der Waals surface area contributed by atoms with Crippen LogP contribution in [0.3, 0.4) is 0 Å². The molecule has 0 spiro atoms. The van der Waals surface area contributed by atoms with Crippen molar-refractivity contribution >= 4 is 51.9 Å². The van der Waals surface area contributed by atoms with Gasteiger partial charge in [-0.25, -0.2) is 9.38 Å². The number of carbonyl (C=O) groups is 3. The fourth-order valence-electron chi connectivity index (χ4n) is 9.12. The molecule has 8 nitrogen and oxygen atoms in total. The Hall–Kier alpha value is -2.63. The molecule has 0 saturated heterocycles. The maximum absolute atomic E-state index is 13.5. The second kappa shape index (κ2) is 13.8. The molecule has 0 radical (unpaired) electrons. The summed E-state index contributed by atoms with van der Waals surface area (Å²) in [5, 5.41) is 14.5. The highest BCUT2D eigenvalue weighted by Crippen LogP contribution is 2.69. The number of hydrogen-bond donors (Lipinski definition) is 3. The summed E-state index contributed by atoms with van der Waals surface area (Å²) >= 11 is 2.23. The predicted molar refractivity (Wildman–Crippen MR) is 183 cm³/mol. The zero-order chi connectivity index (χ0) is 33.3. The van der Waals surface area contributed by atoms with Crippen molar-refractivity contribution in [3.8, 4) is 0 Å². The number of fused-ring (bicyclic) bond motifs is 5. The molecule has 0 aromatic heterocycles. The Labute approximate surface area is 279 Å². The van der Waals surface area contributed by atoms with Gasteiger partial charge in [-0.2, -0.15) is 11.8 Å². The molecule has 1 aromatic carbocycles. The molecule has 4 aliphatic rings. The number of ether oxygens (including phenoxy) is 1. The molecule has 4 N–H and O–H groups in total. The number of esters is 1. The van der Waals surface area contributed by atoms with E-state index < -0.39 is 39.6 Å². The zero-order valence-corrected chi connectivity index (χ0v) is 28.8. The van der Waals surface area contributed by atoms with Crippen molar-refractivity contribution in [1.29, 1.82) is 0 Å². The van der Waals surface area contributed by atoms with E-state index in [2.05, 4.69) is 18.3 Å². The van der Waals surface area contributed by atoms with E-state index in [4.69, 9.17) is 15.5 Å². The molecule has 0 aliphatic heterocycles. The summed E-state index contributed by atoms with van der Waals surface area (Å²) in [6.45, 7) is 6.44. The van der Waals surface area contributed by atoms with Gasteiger partial charge in [-0.1, -0.05) is 32.4 Å². The number of amides is 1. The fourth-order valence-corrected chi connectivity index (χ4v) is 10.1. The van der Waals surface area contributed by atoms with Crippen molar-refractivity contribution in [2.45, 2.75) is 77.4 Å². The second-order valence-electron chi connectivity index (χ2n) is 13.5. The van der Waals surface area contributed by atoms with Crippen molar-refractivity contribution in [3.63, 3.8) is 0 Å². The van der Waals surface area contributed by atoms with Gasteiger partial charge in [0.05, 0.1) is 17.5 Å². The van der Waals surface area contributed by atoms with Gasteiger partial charge in [0, 0.05) is 29.7 Å². The number of halogens is 1. The minimum Gasteiger partial charge on any atom is -0.449 e. The van der Waals surface area contributed by atoms with E-state index in [-0.39, 0.29) is 36.5 Å². The lowest BCUT2D eigenvalue weighted by atomic mass is 9.45. The van der Waals surface area contributed by atoms with Gasteiger partial charge in [0.1, 0.15) is 6.01 Å². The maximum atomic E-state index is 13.5. The minimum atomic E-state index is -1.46. The Bertz CT molecular complexity index is 1470. The molecule has 3 saturated carbocycles. The summed E-state index contributed by atoms with van der Waals surface area (Å²) in [5.41, 5.74) is 7.60. The van der Waals surface area contributed by atoms with Crippen molar-refractivity contribution < 1.29 is 28.6 Å². The molecule has 1 aromatic rings. The Morgan fingerprint density at radius 3 is 2.74 bits per heavy atom. The van der Waals surface area contributed by atoms with E-state index in [1.807, 2.05) is 25.3 Å². The number of alkyl halides is 1. The molecule has 0 heterocycles. The van der Waals surface area contributed by atoms with Crippen LogP contribution in [0, 0.1) is 28.6 Å². The third kappa shape index (κ3) is 5.96. The van der Waals surface area contributed by atoms with E-state index in [1.165, 1.54) is 5.57 Å². The van der Waals surface area contributed by atoms with Crippen LogP contribution in [0.1, 0.15) is 76.1 Å². The number of allylic oxidation sites excluding steroid dienone is 3. The molecule has 46 heavy (non-hydrogen) atoms. The van der Waals surface area contributed by atoms with E-state index in [1.54, 1.807) is 37.0 Å². The van der Waals surface area contributed by atoms with Crippen molar-refractivity contribution in [2.75, 3.05) is 24.6 Å². The monoisotopic (exact) mass is 671 g/mol. The Kier molecular flexibility index (Phi) is 10.4. The van der Waals surface area contributed by atoms with Crippen LogP contribution < -0.4 is 11.1 Å². The highest BCUT2D eigenvalue weighted by atomic mass is 32.2. The van der Waals surface area contributed by atoms with Crippen LogP contribution >= 0.6 is 23.5 Å². The molecule has 7 atom stereocenters. The smallest absolute Gasteiger partial charge is 0.306 e. The third-order valence-corrected chi connectivity index (χ3v) is 12.5. The summed E-state index contributed by atoms with van der Waals surface area (Å²) in [4.78, 5) is 43.8. The van der Waals surface area contributed by atoms with Gasteiger partial charge >= 0.3 is 5.97 Å². The Morgan fingerprint density at radius 1 is 1.26 bits per heavy atom. The molecule has 250 valence electrons. The number of nitrogens with two attached hydrogens (primary N) is 1. The van der Waals surface area contributed by atoms with Crippen LogP contribution in [-0.4, -0.2) is 64.1 Å². The van der Waals surface area contributed by atoms with Crippen LogP contribution in [0.2, 0.25) is 0 Å². The molecule has 5 rings (SSSR count). The maximum Gasteiger partial charge on any atom is 0.306 e. The summed E-state index contributed by atoms with van der Waals surface area (Å²) in [6.07, 6.45) is 8.53. The lowest BCUT2D eigenvalue weighted by Gasteiger charge is -2.60. The van der Waals surface area contributed by atoms with E-state index >= 15 is 0 Å². The third-order valence-electron chi connectivity index (χ3n) is 11.2. The van der Waals surface area contributed by atoms with Gasteiger partial charge < -0.3 is 20.9 Å². The summed E-state index contributed by atoms with van der Waals surface area (Å²) in [5.74, 6) is 0.230. The lowest BCUT2D eigenvalue weighted by molar-refractivity contribution is -0.196. The van der Waals surface area contributed by atoms with Crippen molar-refractivity contribution in [3.05, 3.63) is 53.3 Å². The first-order valence-corrected chi connectivity index (χ1v) is 18.6. The van der Waals surface area contributed by atoms with Crippen LogP contribution in [0.5, 0.6) is 0 Å². The zero-order valence-electron chi connectivity index (χ0n) is 27.1. The lowest BCUT2D eigenvalue weighted by Crippen LogP contribution is -2.62. The van der Waals surface area contributed by atoms with Gasteiger partial charge in [0.25, 0.3) is 5.91 Å². The molecule has 0 bridgehead atoms. The second-order valence-corrected chi connectivity index (χ2v) is 15.4. The fraction of sp³-hybridized carbons (Fsp3) is 0.600. The molecular weight excluding hydrogens is 626 g/mol. The average Bonchev–Trinajstić information content (AvgIpc) is 3.32. The number of aliphatic imine (C=N–C) groups is 1. The van der Waals surface area contributed by atoms with Gasteiger partial charge in [-0.05, 0) is 116 Å². The number of benzene rings is 1. The van der Waals surface area contributed by atoms with Gasteiger partial charge in [0.15, 0.2) is 5.60 Å². The SMILES string of the molecule is CCC(=O)O[C@]1(C(=O)SCF)CCC2[C@@H]3CCC4=CC(=Nc5cccc(C(=O)NCCSC)c5)C(=CN)C[C@]4(C)C3C(O)C[C@@]21C. The molecule has 11 heteroatoms. The molecular formula is C35H46FN3O5S2. The first-order chi connectivity index (χ1) is 22.0. The van der Waals surface area contributed by atoms with Crippen LogP contribution in [0.15, 0.2) is 52.7 Å². The predicted octanol–water partition coefficient (Wildman–Crippen LogP) is 6.12. The van der Waals surface area contributed by atoms with Crippen LogP contribution in [0.25, 0.3) is 0 Å². The largest absolute Gasteiger partial charge is 0.449 e. The standard InChI is InChI=1S/C35H46FN3O5S2/c1-5-29(41)44-35(32(43)46-20-36)12-11-26-25-10-9-23-16-27(39-24-8-6-7-21(15-24)31(42)38-13-14-45-4)22(19-37)17-33(23,2)30(25)28(40)18-34(26,35)3/h6-8,15-16,19,25-26,28,30,40H,5,9-14,17-18,20,37H2,1-4H3,(H,38,42)/t25-,26?,28?,30?,33-,34-,35-/m0/s1.